The minimum atomic E-state index is -0.588. The van der Waals surface area contributed by atoms with Gasteiger partial charge < -0.3 is 10.6 Å². The van der Waals surface area contributed by atoms with E-state index in [0.717, 1.165) is 6.42 Å². The highest BCUT2D eigenvalue weighted by molar-refractivity contribution is 7.80. The van der Waals surface area contributed by atoms with E-state index < -0.39 is 7.92 Å². The van der Waals surface area contributed by atoms with Gasteiger partial charge in [-0.1, -0.05) is 103 Å². The number of benzene rings is 3. The van der Waals surface area contributed by atoms with Crippen molar-refractivity contribution < 1.29 is 0 Å². The Hall–Kier alpha value is -2.74. The van der Waals surface area contributed by atoms with Gasteiger partial charge in [0, 0.05) is 0 Å². The van der Waals surface area contributed by atoms with Crippen molar-refractivity contribution >= 4 is 35.9 Å². The number of allylic oxidation sites excluding steroid dienone is 2. The quantitative estimate of drug-likeness (QED) is 0.340. The molecular formula is C28H29N2PS. The van der Waals surface area contributed by atoms with Crippen molar-refractivity contribution in [3.8, 4) is 0 Å². The first-order chi connectivity index (χ1) is 15.6. The number of nitrogens with one attached hydrogen (secondary N) is 2. The van der Waals surface area contributed by atoms with E-state index in [1.807, 2.05) is 6.07 Å². The van der Waals surface area contributed by atoms with Gasteiger partial charge in [0.15, 0.2) is 5.11 Å². The van der Waals surface area contributed by atoms with Gasteiger partial charge in [-0.05, 0) is 67.5 Å². The molecule has 0 saturated heterocycles. The van der Waals surface area contributed by atoms with Crippen molar-refractivity contribution in [3.05, 3.63) is 120 Å². The van der Waals surface area contributed by atoms with Gasteiger partial charge in [0.05, 0.1) is 12.1 Å². The minimum Gasteiger partial charge on any atom is -0.356 e. The van der Waals surface area contributed by atoms with Crippen LogP contribution in [0.1, 0.15) is 31.9 Å². The fraction of sp³-hybridized carbons (Fsp3) is 0.179. The maximum atomic E-state index is 5.67. The van der Waals surface area contributed by atoms with Gasteiger partial charge in [0.2, 0.25) is 0 Å². The normalized spacial score (nSPS) is 15.0. The van der Waals surface area contributed by atoms with E-state index in [0.29, 0.717) is 5.11 Å². The molecule has 0 aromatic heterocycles. The molecule has 4 rings (SSSR count). The van der Waals surface area contributed by atoms with E-state index >= 15 is 0 Å². The number of rotatable bonds is 7. The lowest BCUT2D eigenvalue weighted by molar-refractivity contribution is 0.677. The van der Waals surface area contributed by atoms with E-state index in [1.165, 1.54) is 27.1 Å². The van der Waals surface area contributed by atoms with Gasteiger partial charge in [-0.3, -0.25) is 0 Å². The smallest absolute Gasteiger partial charge is 0.167 e. The van der Waals surface area contributed by atoms with Crippen LogP contribution >= 0.6 is 20.1 Å². The molecule has 2 N–H and O–H groups in total. The highest BCUT2D eigenvalue weighted by Crippen LogP contribution is 2.49. The fourth-order valence-corrected chi connectivity index (χ4v) is 7.11. The summed E-state index contributed by atoms with van der Waals surface area (Å²) < 4.78 is 0. The van der Waals surface area contributed by atoms with Gasteiger partial charge in [-0.2, -0.15) is 0 Å². The molecule has 0 saturated carbocycles. The van der Waals surface area contributed by atoms with Gasteiger partial charge in [-0.25, -0.2) is 0 Å². The van der Waals surface area contributed by atoms with Crippen LogP contribution in [0.2, 0.25) is 0 Å². The van der Waals surface area contributed by atoms with Gasteiger partial charge in [0.25, 0.3) is 0 Å². The van der Waals surface area contributed by atoms with Gasteiger partial charge in [-0.15, -0.1) is 0 Å². The molecule has 0 spiro atoms. The molecule has 0 unspecified atom stereocenters. The lowest BCUT2D eigenvalue weighted by Crippen LogP contribution is -2.42. The van der Waals surface area contributed by atoms with E-state index in [9.17, 15) is 0 Å². The summed E-state index contributed by atoms with van der Waals surface area (Å²) in [4.78, 5) is 0. The third kappa shape index (κ3) is 5.35. The lowest BCUT2D eigenvalue weighted by Gasteiger charge is -2.26. The summed E-state index contributed by atoms with van der Waals surface area (Å²) in [6.07, 6.45) is 5.54. The molecule has 1 aliphatic carbocycles. The molecule has 162 valence electrons. The summed E-state index contributed by atoms with van der Waals surface area (Å²) in [5, 5.41) is 11.9. The molecule has 32 heavy (non-hydrogen) atoms. The Morgan fingerprint density at radius 2 is 1.25 bits per heavy atom. The standard InChI is InChI=1S/C28H29N2PS/c1-21(23-13-6-3-7-14-23)29-28(32)30-22(2)26-19-12-20-27(26)31(24-15-8-4-9-16-24)25-17-10-5-11-18-25/h3-19,21-22H,20H2,1-2H3,(H2,29,30,32)/t21-,22-/m0/s1. The first-order valence-electron chi connectivity index (χ1n) is 11.1. The fourth-order valence-electron chi connectivity index (χ4n) is 4.08. The van der Waals surface area contributed by atoms with Crippen LogP contribution in [0.15, 0.2) is 114 Å². The summed E-state index contributed by atoms with van der Waals surface area (Å²) in [5.74, 6) is 0. The van der Waals surface area contributed by atoms with Crippen molar-refractivity contribution in [2.45, 2.75) is 32.4 Å². The molecule has 1 aliphatic rings. The van der Waals surface area contributed by atoms with Crippen LogP contribution in [0, 0.1) is 0 Å². The maximum Gasteiger partial charge on any atom is 0.167 e. The Morgan fingerprint density at radius 3 is 1.81 bits per heavy atom. The van der Waals surface area contributed by atoms with E-state index in [1.54, 1.807) is 0 Å². The van der Waals surface area contributed by atoms with Crippen LogP contribution in [0.5, 0.6) is 0 Å². The Labute approximate surface area is 198 Å². The van der Waals surface area contributed by atoms with Crippen LogP contribution in [0.4, 0.5) is 0 Å². The zero-order valence-electron chi connectivity index (χ0n) is 18.5. The summed E-state index contributed by atoms with van der Waals surface area (Å²) in [7, 11) is -0.588. The van der Waals surface area contributed by atoms with Crippen molar-refractivity contribution in [2.24, 2.45) is 0 Å². The van der Waals surface area contributed by atoms with Crippen LogP contribution in [-0.4, -0.2) is 11.2 Å². The molecule has 4 heteroatoms. The molecule has 0 aliphatic heterocycles. The maximum absolute atomic E-state index is 5.67. The molecule has 0 fully saturated rings. The SMILES string of the molecule is C[C@H](NC(=S)N[C@@H](C)c1ccccc1)C1=C(P(c2ccccc2)c2ccccc2)CC=C1. The Kier molecular flexibility index (Phi) is 7.52. The first-order valence-corrected chi connectivity index (χ1v) is 12.8. The largest absolute Gasteiger partial charge is 0.356 e. The lowest BCUT2D eigenvalue weighted by atomic mass is 10.1. The predicted molar refractivity (Wildman–Crippen MR) is 143 cm³/mol. The number of hydrogen-bond donors (Lipinski definition) is 2. The molecule has 2 nitrogen and oxygen atoms in total. The zero-order chi connectivity index (χ0) is 22.3. The Morgan fingerprint density at radius 1 is 0.750 bits per heavy atom. The van der Waals surface area contributed by atoms with E-state index in [2.05, 4.69) is 122 Å². The first kappa shape index (κ1) is 22.5. The second-order valence-electron chi connectivity index (χ2n) is 7.99. The van der Waals surface area contributed by atoms with Crippen LogP contribution in [-0.2, 0) is 0 Å². The Balaban J connectivity index is 1.56. The average Bonchev–Trinajstić information content (AvgIpc) is 3.31. The van der Waals surface area contributed by atoms with E-state index in [4.69, 9.17) is 12.2 Å². The average molecular weight is 457 g/mol. The van der Waals surface area contributed by atoms with Crippen LogP contribution < -0.4 is 21.2 Å². The molecule has 3 aromatic carbocycles. The summed E-state index contributed by atoms with van der Waals surface area (Å²) >= 11 is 5.67. The summed E-state index contributed by atoms with van der Waals surface area (Å²) in [6.45, 7) is 4.34. The second-order valence-corrected chi connectivity index (χ2v) is 10.6. The van der Waals surface area contributed by atoms with Gasteiger partial charge >= 0.3 is 0 Å². The molecular weight excluding hydrogens is 427 g/mol. The third-order valence-corrected chi connectivity index (χ3v) is 8.55. The van der Waals surface area contributed by atoms with Crippen molar-refractivity contribution in [2.75, 3.05) is 0 Å². The van der Waals surface area contributed by atoms with Crippen LogP contribution in [0.25, 0.3) is 0 Å². The molecule has 0 amide bonds. The van der Waals surface area contributed by atoms with Crippen molar-refractivity contribution in [3.63, 3.8) is 0 Å². The topological polar surface area (TPSA) is 24.1 Å². The third-order valence-electron chi connectivity index (χ3n) is 5.70. The molecule has 2 atom stereocenters. The second kappa shape index (κ2) is 10.7. The summed E-state index contributed by atoms with van der Waals surface area (Å²) in [6, 6.07) is 32.5. The molecule has 0 radical (unpaired) electrons. The molecule has 3 aromatic rings. The number of thiocarbonyl (C=S) groups is 1. The zero-order valence-corrected chi connectivity index (χ0v) is 20.2. The van der Waals surface area contributed by atoms with E-state index in [-0.39, 0.29) is 12.1 Å². The molecule has 0 heterocycles. The molecule has 0 bridgehead atoms. The minimum absolute atomic E-state index is 0.129. The predicted octanol–water partition coefficient (Wildman–Crippen LogP) is 5.95. The monoisotopic (exact) mass is 456 g/mol. The van der Waals surface area contributed by atoms with Crippen LogP contribution in [0.3, 0.4) is 0 Å². The summed E-state index contributed by atoms with van der Waals surface area (Å²) in [5.41, 5.74) is 2.57. The van der Waals surface area contributed by atoms with Gasteiger partial charge in [0.1, 0.15) is 0 Å². The Bertz CT molecular complexity index is 1050. The van der Waals surface area contributed by atoms with Crippen molar-refractivity contribution in [1.29, 1.82) is 0 Å². The number of hydrogen-bond acceptors (Lipinski definition) is 1. The van der Waals surface area contributed by atoms with Crippen molar-refractivity contribution in [1.82, 2.24) is 10.6 Å². The highest BCUT2D eigenvalue weighted by Gasteiger charge is 2.25. The highest BCUT2D eigenvalue weighted by atomic mass is 32.1.